The summed E-state index contributed by atoms with van der Waals surface area (Å²) in [6.07, 6.45) is -11.3. The first-order valence-electron chi connectivity index (χ1n) is 8.30. The van der Waals surface area contributed by atoms with Crippen LogP contribution in [0.5, 0.6) is 0 Å². The summed E-state index contributed by atoms with van der Waals surface area (Å²) in [6.45, 7) is 0. The lowest BCUT2D eigenvalue weighted by atomic mass is 9.85. The Balaban J connectivity index is 2.62. The minimum absolute atomic E-state index is 0.00338. The van der Waals surface area contributed by atoms with E-state index in [2.05, 4.69) is 4.74 Å². The van der Waals surface area contributed by atoms with Gasteiger partial charge in [0.15, 0.2) is 0 Å². The molecule has 0 amide bonds. The molecule has 29 heavy (non-hydrogen) atoms. The molecule has 0 aliphatic carbocycles. The molecule has 0 aromatic heterocycles. The molecule has 0 saturated heterocycles. The molecular weight excluding hydrogens is 406 g/mol. The number of anilines is 2. The Morgan fingerprint density at radius 1 is 0.690 bits per heavy atom. The van der Waals surface area contributed by atoms with Gasteiger partial charge in [0, 0.05) is 61.5 Å². The maximum absolute atomic E-state index is 13.7. The fraction of sp³-hybridized carbons (Fsp3) is 0.444. The molecule has 2 aromatic carbocycles. The third kappa shape index (κ3) is 2.82. The molecule has 3 rings (SSSR count). The first-order valence-corrected chi connectivity index (χ1v) is 8.30. The van der Waals surface area contributed by atoms with Crippen LogP contribution in [0.3, 0.4) is 0 Å². The highest BCUT2D eigenvalue weighted by Crippen LogP contribution is 2.57. The third-order valence-electron chi connectivity index (χ3n) is 4.87. The molecule has 1 aliphatic heterocycles. The van der Waals surface area contributed by atoms with Gasteiger partial charge >= 0.3 is 12.4 Å². The Hall–Kier alpha value is -2.24. The standard InChI is InChI=1S/C18H18F6N2O3/c1-25(2)11-7-5-9-13-10(6-8-12(14(11)13)26(3)4)16(28,18(22,23)24)29-15(9,27)17(19,20)21/h5-8,27-28H,1-4H3/t15-,16-/m1/s1. The molecule has 0 bridgehead atoms. The van der Waals surface area contributed by atoms with Crippen LogP contribution >= 0.6 is 0 Å². The summed E-state index contributed by atoms with van der Waals surface area (Å²) >= 11 is 0. The number of halogens is 6. The first-order chi connectivity index (χ1) is 13.1. The van der Waals surface area contributed by atoms with E-state index in [9.17, 15) is 36.6 Å². The minimum Gasteiger partial charge on any atom is -0.377 e. The van der Waals surface area contributed by atoms with Gasteiger partial charge in [0.2, 0.25) is 0 Å². The Morgan fingerprint density at radius 2 is 1.03 bits per heavy atom. The molecular formula is C18H18F6N2O3. The lowest BCUT2D eigenvalue weighted by molar-refractivity contribution is -0.487. The average Bonchev–Trinajstić information content (AvgIpc) is 2.56. The van der Waals surface area contributed by atoms with E-state index in [-0.39, 0.29) is 5.39 Å². The highest BCUT2D eigenvalue weighted by atomic mass is 19.4. The van der Waals surface area contributed by atoms with E-state index >= 15 is 0 Å². The topological polar surface area (TPSA) is 56.2 Å². The molecule has 0 spiro atoms. The summed E-state index contributed by atoms with van der Waals surface area (Å²) in [7, 11) is 6.26. The molecule has 2 aromatic rings. The summed E-state index contributed by atoms with van der Waals surface area (Å²) < 4.78 is 86.4. The summed E-state index contributed by atoms with van der Waals surface area (Å²) in [5.41, 5.74) is -1.27. The molecule has 0 radical (unpaired) electrons. The van der Waals surface area contributed by atoms with Crippen molar-refractivity contribution in [3.63, 3.8) is 0 Å². The lowest BCUT2D eigenvalue weighted by Crippen LogP contribution is -2.58. The predicted octanol–water partition coefficient (Wildman–Crippen LogP) is 3.42. The largest absolute Gasteiger partial charge is 0.448 e. The highest BCUT2D eigenvalue weighted by molar-refractivity contribution is 6.07. The van der Waals surface area contributed by atoms with Crippen LogP contribution in [0, 0.1) is 0 Å². The van der Waals surface area contributed by atoms with Crippen LogP contribution in [0.1, 0.15) is 11.1 Å². The second kappa shape index (κ2) is 6.13. The van der Waals surface area contributed by atoms with Crippen LogP contribution in [-0.4, -0.2) is 50.8 Å². The van der Waals surface area contributed by atoms with E-state index in [1.165, 1.54) is 21.9 Å². The SMILES string of the molecule is CN(C)c1ccc2c3c(ccc(N(C)C)c13)[C@](O)(C(F)(F)F)O[C@@]2(O)C(F)(F)F. The van der Waals surface area contributed by atoms with Crippen molar-refractivity contribution in [2.24, 2.45) is 0 Å². The molecule has 0 fully saturated rings. The number of alkyl halides is 6. The van der Waals surface area contributed by atoms with Gasteiger partial charge in [-0.1, -0.05) is 12.1 Å². The molecule has 1 aliphatic rings. The Kier molecular flexibility index (Phi) is 4.54. The van der Waals surface area contributed by atoms with Crippen LogP contribution in [-0.2, 0) is 16.3 Å². The predicted molar refractivity (Wildman–Crippen MR) is 93.6 cm³/mol. The summed E-state index contributed by atoms with van der Waals surface area (Å²) in [6, 6.07) is 4.19. The number of nitrogens with zero attached hydrogens (tertiary/aromatic N) is 2. The van der Waals surface area contributed by atoms with Gasteiger partial charge in [-0.3, -0.25) is 4.74 Å². The molecule has 0 unspecified atom stereocenters. The van der Waals surface area contributed by atoms with Crippen molar-refractivity contribution >= 4 is 22.1 Å². The van der Waals surface area contributed by atoms with E-state index < -0.39 is 40.4 Å². The van der Waals surface area contributed by atoms with Gasteiger partial charge in [0.1, 0.15) is 0 Å². The van der Waals surface area contributed by atoms with Crippen molar-refractivity contribution in [2.45, 2.75) is 23.9 Å². The van der Waals surface area contributed by atoms with Gasteiger partial charge in [-0.05, 0) is 12.1 Å². The molecule has 160 valence electrons. The third-order valence-corrected chi connectivity index (χ3v) is 4.87. The van der Waals surface area contributed by atoms with Crippen molar-refractivity contribution in [3.05, 3.63) is 35.4 Å². The fourth-order valence-electron chi connectivity index (χ4n) is 3.51. The van der Waals surface area contributed by atoms with Crippen molar-refractivity contribution < 1.29 is 41.3 Å². The molecule has 2 atom stereocenters. The highest BCUT2D eigenvalue weighted by Gasteiger charge is 2.70. The molecule has 0 saturated carbocycles. The normalized spacial score (nSPS) is 24.7. The first kappa shape index (κ1) is 21.5. The fourth-order valence-corrected chi connectivity index (χ4v) is 3.51. The maximum atomic E-state index is 13.7. The van der Waals surface area contributed by atoms with Crippen LogP contribution in [0.25, 0.3) is 10.8 Å². The van der Waals surface area contributed by atoms with Crippen LogP contribution < -0.4 is 9.80 Å². The van der Waals surface area contributed by atoms with Crippen molar-refractivity contribution in [1.82, 2.24) is 0 Å². The number of aliphatic hydroxyl groups is 2. The Labute approximate surface area is 161 Å². The van der Waals surface area contributed by atoms with Crippen LogP contribution in [0.15, 0.2) is 24.3 Å². The van der Waals surface area contributed by atoms with Crippen molar-refractivity contribution in [1.29, 1.82) is 0 Å². The van der Waals surface area contributed by atoms with Gasteiger partial charge < -0.3 is 20.0 Å². The molecule has 2 N–H and O–H groups in total. The molecule has 11 heteroatoms. The number of benzene rings is 2. The zero-order valence-corrected chi connectivity index (χ0v) is 15.8. The van der Waals surface area contributed by atoms with Crippen molar-refractivity contribution in [2.75, 3.05) is 38.0 Å². The van der Waals surface area contributed by atoms with Gasteiger partial charge in [-0.25, -0.2) is 0 Å². The van der Waals surface area contributed by atoms with E-state index in [1.54, 1.807) is 28.2 Å². The summed E-state index contributed by atoms with van der Waals surface area (Å²) in [4.78, 5) is 3.01. The number of hydrogen-bond donors (Lipinski definition) is 2. The van der Waals surface area contributed by atoms with Crippen molar-refractivity contribution in [3.8, 4) is 0 Å². The van der Waals surface area contributed by atoms with E-state index in [0.717, 1.165) is 12.1 Å². The van der Waals surface area contributed by atoms with Gasteiger partial charge in [-0.15, -0.1) is 0 Å². The summed E-state index contributed by atoms with van der Waals surface area (Å²) in [5, 5.41) is 20.0. The van der Waals surface area contributed by atoms with Gasteiger partial charge in [0.05, 0.1) is 0 Å². The number of hydrogen-bond acceptors (Lipinski definition) is 5. The quantitative estimate of drug-likeness (QED) is 0.724. The van der Waals surface area contributed by atoms with Crippen LogP contribution in [0.2, 0.25) is 0 Å². The van der Waals surface area contributed by atoms with Gasteiger partial charge in [0.25, 0.3) is 11.6 Å². The lowest BCUT2D eigenvalue weighted by Gasteiger charge is -2.44. The van der Waals surface area contributed by atoms with E-state index in [0.29, 0.717) is 11.4 Å². The average molecular weight is 424 g/mol. The monoisotopic (exact) mass is 424 g/mol. The number of rotatable bonds is 2. The summed E-state index contributed by atoms with van der Waals surface area (Å²) in [5.74, 6) is -8.75. The smallest absolute Gasteiger partial charge is 0.377 e. The van der Waals surface area contributed by atoms with Crippen LogP contribution in [0.4, 0.5) is 37.7 Å². The maximum Gasteiger partial charge on any atom is 0.448 e. The Bertz CT molecular complexity index is 900. The minimum atomic E-state index is -5.66. The second-order valence-corrected chi connectivity index (χ2v) is 7.19. The van der Waals surface area contributed by atoms with Gasteiger partial charge in [-0.2, -0.15) is 26.3 Å². The zero-order valence-electron chi connectivity index (χ0n) is 15.8. The van der Waals surface area contributed by atoms with E-state index in [1.807, 2.05) is 0 Å². The molecule has 1 heterocycles. The number of ether oxygens (including phenoxy) is 1. The zero-order chi connectivity index (χ0) is 22.2. The molecule has 5 nitrogen and oxygen atoms in total. The van der Waals surface area contributed by atoms with E-state index in [4.69, 9.17) is 0 Å². The second-order valence-electron chi connectivity index (χ2n) is 7.19. The Morgan fingerprint density at radius 3 is 1.31 bits per heavy atom.